The van der Waals surface area contributed by atoms with Crippen molar-refractivity contribution in [2.75, 3.05) is 14.2 Å². The van der Waals surface area contributed by atoms with Crippen LogP contribution in [0.4, 0.5) is 0 Å². The van der Waals surface area contributed by atoms with E-state index in [1.165, 1.54) is 14.2 Å². The SMILES string of the molecule is COC(OC)C(O)c1ccc(OC2CC2)cc1. The predicted molar refractivity (Wildman–Crippen MR) is 62.9 cm³/mol. The van der Waals surface area contributed by atoms with E-state index in [4.69, 9.17) is 14.2 Å². The van der Waals surface area contributed by atoms with Gasteiger partial charge in [-0.3, -0.25) is 0 Å². The maximum atomic E-state index is 9.97. The first-order valence-electron chi connectivity index (χ1n) is 5.75. The van der Waals surface area contributed by atoms with Crippen LogP contribution in [0.3, 0.4) is 0 Å². The van der Waals surface area contributed by atoms with Crippen LogP contribution in [0.25, 0.3) is 0 Å². The normalized spacial score (nSPS) is 17.2. The summed E-state index contributed by atoms with van der Waals surface area (Å²) in [5.74, 6) is 0.842. The third-order valence-electron chi connectivity index (χ3n) is 2.77. The molecule has 0 radical (unpaired) electrons. The van der Waals surface area contributed by atoms with E-state index in [1.807, 2.05) is 24.3 Å². The topological polar surface area (TPSA) is 47.9 Å². The molecule has 1 saturated carbocycles. The summed E-state index contributed by atoms with van der Waals surface area (Å²) in [6.07, 6.45) is 1.22. The van der Waals surface area contributed by atoms with E-state index < -0.39 is 12.4 Å². The minimum atomic E-state index is -0.792. The molecule has 0 amide bonds. The number of rotatable bonds is 6. The lowest BCUT2D eigenvalue weighted by atomic mass is 10.1. The lowest BCUT2D eigenvalue weighted by Gasteiger charge is -2.20. The molecule has 94 valence electrons. The number of ether oxygens (including phenoxy) is 3. The summed E-state index contributed by atoms with van der Waals surface area (Å²) in [4.78, 5) is 0. The number of methoxy groups -OCH3 is 2. The minimum absolute atomic E-state index is 0.386. The Kier molecular flexibility index (Phi) is 3.99. The van der Waals surface area contributed by atoms with Crippen molar-refractivity contribution in [2.24, 2.45) is 0 Å². The monoisotopic (exact) mass is 238 g/mol. The zero-order valence-corrected chi connectivity index (χ0v) is 10.1. The van der Waals surface area contributed by atoms with Crippen molar-refractivity contribution in [1.29, 1.82) is 0 Å². The molecule has 17 heavy (non-hydrogen) atoms. The second-order valence-electron chi connectivity index (χ2n) is 4.17. The first-order chi connectivity index (χ1) is 8.24. The van der Waals surface area contributed by atoms with Crippen LogP contribution in [0.5, 0.6) is 5.75 Å². The van der Waals surface area contributed by atoms with Gasteiger partial charge in [-0.25, -0.2) is 0 Å². The standard InChI is InChI=1S/C13H18O4/c1-15-13(16-2)12(14)9-3-5-10(6-4-9)17-11-7-8-11/h3-6,11-14H,7-8H2,1-2H3. The smallest absolute Gasteiger partial charge is 0.187 e. The highest BCUT2D eigenvalue weighted by Gasteiger charge is 2.24. The van der Waals surface area contributed by atoms with Crippen molar-refractivity contribution in [1.82, 2.24) is 0 Å². The molecule has 1 aliphatic rings. The summed E-state index contributed by atoms with van der Waals surface area (Å²) < 4.78 is 15.7. The quantitative estimate of drug-likeness (QED) is 0.769. The Morgan fingerprint density at radius 2 is 1.71 bits per heavy atom. The van der Waals surface area contributed by atoms with Gasteiger partial charge in [-0.2, -0.15) is 0 Å². The molecule has 0 saturated heterocycles. The molecule has 4 nitrogen and oxygen atoms in total. The summed E-state index contributed by atoms with van der Waals surface area (Å²) >= 11 is 0. The van der Waals surface area contributed by atoms with Crippen molar-refractivity contribution >= 4 is 0 Å². The molecule has 2 rings (SSSR count). The minimum Gasteiger partial charge on any atom is -0.490 e. The molecule has 0 heterocycles. The van der Waals surface area contributed by atoms with Crippen molar-refractivity contribution in [2.45, 2.75) is 31.3 Å². The molecule has 0 spiro atoms. The van der Waals surface area contributed by atoms with E-state index >= 15 is 0 Å². The Labute approximate surface area is 101 Å². The van der Waals surface area contributed by atoms with E-state index in [1.54, 1.807) is 0 Å². The van der Waals surface area contributed by atoms with Crippen molar-refractivity contribution in [3.05, 3.63) is 29.8 Å². The molecular formula is C13H18O4. The van der Waals surface area contributed by atoms with Gasteiger partial charge in [0.2, 0.25) is 0 Å². The molecule has 0 aliphatic heterocycles. The molecule has 1 unspecified atom stereocenters. The molecule has 0 bridgehead atoms. The summed E-state index contributed by atoms with van der Waals surface area (Å²) in [5.41, 5.74) is 0.752. The third kappa shape index (κ3) is 3.19. The van der Waals surface area contributed by atoms with Crippen LogP contribution >= 0.6 is 0 Å². The Balaban J connectivity index is 2.00. The van der Waals surface area contributed by atoms with Gasteiger partial charge in [0, 0.05) is 14.2 Å². The van der Waals surface area contributed by atoms with E-state index in [0.29, 0.717) is 6.10 Å². The Morgan fingerprint density at radius 3 is 2.18 bits per heavy atom. The number of aliphatic hydroxyl groups excluding tert-OH is 1. The van der Waals surface area contributed by atoms with Crippen molar-refractivity contribution in [3.8, 4) is 5.75 Å². The van der Waals surface area contributed by atoms with E-state index in [2.05, 4.69) is 0 Å². The molecule has 1 atom stereocenters. The number of aliphatic hydroxyl groups is 1. The molecular weight excluding hydrogens is 220 g/mol. The van der Waals surface area contributed by atoms with E-state index in [0.717, 1.165) is 24.2 Å². The van der Waals surface area contributed by atoms with Gasteiger partial charge in [0.1, 0.15) is 11.9 Å². The maximum absolute atomic E-state index is 9.97. The molecule has 1 aromatic carbocycles. The Morgan fingerprint density at radius 1 is 1.12 bits per heavy atom. The highest BCUT2D eigenvalue weighted by atomic mass is 16.7. The predicted octanol–water partition coefficient (Wildman–Crippen LogP) is 1.88. The van der Waals surface area contributed by atoms with Gasteiger partial charge >= 0.3 is 0 Å². The van der Waals surface area contributed by atoms with Gasteiger partial charge in [-0.05, 0) is 30.5 Å². The Bertz CT molecular complexity index is 341. The second kappa shape index (κ2) is 5.49. The first-order valence-corrected chi connectivity index (χ1v) is 5.75. The van der Waals surface area contributed by atoms with Crippen LogP contribution in [-0.4, -0.2) is 31.7 Å². The van der Waals surface area contributed by atoms with Gasteiger partial charge < -0.3 is 19.3 Å². The van der Waals surface area contributed by atoms with Gasteiger partial charge in [0.25, 0.3) is 0 Å². The van der Waals surface area contributed by atoms with Gasteiger partial charge in [0.15, 0.2) is 6.29 Å². The van der Waals surface area contributed by atoms with Gasteiger partial charge in [-0.1, -0.05) is 12.1 Å². The lowest BCUT2D eigenvalue weighted by molar-refractivity contribution is -0.166. The Hall–Kier alpha value is -1.10. The molecule has 0 aromatic heterocycles. The largest absolute Gasteiger partial charge is 0.490 e. The summed E-state index contributed by atoms with van der Waals surface area (Å²) in [6.45, 7) is 0. The summed E-state index contributed by atoms with van der Waals surface area (Å²) in [7, 11) is 3.00. The summed E-state index contributed by atoms with van der Waals surface area (Å²) in [5, 5.41) is 9.97. The van der Waals surface area contributed by atoms with Crippen LogP contribution in [-0.2, 0) is 9.47 Å². The van der Waals surface area contributed by atoms with Crippen molar-refractivity contribution in [3.63, 3.8) is 0 Å². The second-order valence-corrected chi connectivity index (χ2v) is 4.17. The first kappa shape index (κ1) is 12.4. The molecule has 1 aliphatic carbocycles. The van der Waals surface area contributed by atoms with Crippen LogP contribution in [0.15, 0.2) is 24.3 Å². The average Bonchev–Trinajstić information content (AvgIpc) is 3.15. The molecule has 1 fully saturated rings. The van der Waals surface area contributed by atoms with Crippen LogP contribution in [0.2, 0.25) is 0 Å². The number of hydrogen-bond donors (Lipinski definition) is 1. The molecule has 4 heteroatoms. The molecule has 1 aromatic rings. The van der Waals surface area contributed by atoms with Gasteiger partial charge in [-0.15, -0.1) is 0 Å². The number of hydrogen-bond acceptors (Lipinski definition) is 4. The third-order valence-corrected chi connectivity index (χ3v) is 2.77. The van der Waals surface area contributed by atoms with Crippen LogP contribution < -0.4 is 4.74 Å². The number of benzene rings is 1. The van der Waals surface area contributed by atoms with Crippen LogP contribution in [0, 0.1) is 0 Å². The zero-order valence-electron chi connectivity index (χ0n) is 10.1. The highest BCUT2D eigenvalue weighted by Crippen LogP contribution is 2.28. The highest BCUT2D eigenvalue weighted by molar-refractivity contribution is 5.29. The molecule has 1 N–H and O–H groups in total. The maximum Gasteiger partial charge on any atom is 0.187 e. The summed E-state index contributed by atoms with van der Waals surface area (Å²) in [6, 6.07) is 7.37. The lowest BCUT2D eigenvalue weighted by Crippen LogP contribution is -2.22. The fourth-order valence-corrected chi connectivity index (χ4v) is 1.63. The van der Waals surface area contributed by atoms with E-state index in [-0.39, 0.29) is 0 Å². The average molecular weight is 238 g/mol. The van der Waals surface area contributed by atoms with Crippen molar-refractivity contribution < 1.29 is 19.3 Å². The van der Waals surface area contributed by atoms with Crippen LogP contribution in [0.1, 0.15) is 24.5 Å². The van der Waals surface area contributed by atoms with E-state index in [9.17, 15) is 5.11 Å². The zero-order chi connectivity index (χ0) is 12.3. The fourth-order valence-electron chi connectivity index (χ4n) is 1.63. The fraction of sp³-hybridized carbons (Fsp3) is 0.538. The van der Waals surface area contributed by atoms with Gasteiger partial charge in [0.05, 0.1) is 6.10 Å².